The molecule has 1 rings (SSSR count). The van der Waals surface area contributed by atoms with E-state index in [2.05, 4.69) is 9.47 Å². The molecule has 0 spiro atoms. The van der Waals surface area contributed by atoms with Gasteiger partial charge in [-0.15, -0.1) is 0 Å². The molecule has 0 aliphatic heterocycles. The molecule has 0 N–H and O–H groups in total. The van der Waals surface area contributed by atoms with Crippen LogP contribution in [0.15, 0.2) is 18.2 Å². The van der Waals surface area contributed by atoms with Gasteiger partial charge < -0.3 is 9.47 Å². The third kappa shape index (κ3) is 3.86. The van der Waals surface area contributed by atoms with Crippen molar-refractivity contribution in [3.8, 4) is 0 Å². The van der Waals surface area contributed by atoms with E-state index >= 15 is 0 Å². The van der Waals surface area contributed by atoms with Crippen LogP contribution < -0.4 is 0 Å². The summed E-state index contributed by atoms with van der Waals surface area (Å²) in [5.41, 5.74) is 0.504. The number of aryl methyl sites for hydroxylation is 1. The van der Waals surface area contributed by atoms with Gasteiger partial charge in [0.15, 0.2) is 6.61 Å². The maximum atomic E-state index is 13.2. The Bertz CT molecular complexity index is 429. The molecule has 0 heterocycles. The molecule has 0 bridgehead atoms. The number of ether oxygens (including phenoxy) is 2. The minimum atomic E-state index is -0.753. The first kappa shape index (κ1) is 13.2. The van der Waals surface area contributed by atoms with E-state index in [1.807, 2.05) is 0 Å². The summed E-state index contributed by atoms with van der Waals surface area (Å²) in [5, 5.41) is 0. The molecule has 92 valence electrons. The number of hydrogen-bond acceptors (Lipinski definition) is 4. The van der Waals surface area contributed by atoms with Crippen LogP contribution in [-0.2, 0) is 14.3 Å². The lowest BCUT2D eigenvalue weighted by atomic mass is 10.1. The molecule has 1 aromatic rings. The summed E-state index contributed by atoms with van der Waals surface area (Å²) in [4.78, 5) is 22.3. The van der Waals surface area contributed by atoms with Crippen molar-refractivity contribution >= 4 is 11.9 Å². The molecule has 0 fully saturated rings. The van der Waals surface area contributed by atoms with E-state index in [9.17, 15) is 14.0 Å². The van der Waals surface area contributed by atoms with E-state index in [0.717, 1.165) is 6.07 Å². The number of carbonyl (C=O) groups is 2. The summed E-state index contributed by atoms with van der Waals surface area (Å²) < 4.78 is 22.4. The highest BCUT2D eigenvalue weighted by molar-refractivity contribution is 5.90. The van der Waals surface area contributed by atoms with E-state index < -0.39 is 24.4 Å². The Labute approximate surface area is 98.3 Å². The first-order valence-electron chi connectivity index (χ1n) is 5.13. The van der Waals surface area contributed by atoms with Crippen LogP contribution in [-0.4, -0.2) is 25.2 Å². The number of halogens is 1. The van der Waals surface area contributed by atoms with Gasteiger partial charge in [0, 0.05) is 0 Å². The highest BCUT2D eigenvalue weighted by Crippen LogP contribution is 2.10. The van der Waals surface area contributed by atoms with Crippen molar-refractivity contribution in [2.24, 2.45) is 0 Å². The molecule has 0 saturated heterocycles. The zero-order chi connectivity index (χ0) is 12.8. The van der Waals surface area contributed by atoms with Gasteiger partial charge in [0.05, 0.1) is 12.2 Å². The molecule has 0 aliphatic rings. The second kappa shape index (κ2) is 5.98. The molecule has 0 saturated carbocycles. The molecule has 0 radical (unpaired) electrons. The summed E-state index contributed by atoms with van der Waals surface area (Å²) in [5.74, 6) is -1.87. The molecular formula is C12H13FO4. The summed E-state index contributed by atoms with van der Waals surface area (Å²) >= 11 is 0. The van der Waals surface area contributed by atoms with Crippen molar-refractivity contribution in [2.75, 3.05) is 13.2 Å². The van der Waals surface area contributed by atoms with E-state index in [1.165, 1.54) is 12.1 Å². The smallest absolute Gasteiger partial charge is 0.344 e. The molecule has 17 heavy (non-hydrogen) atoms. The fourth-order valence-corrected chi connectivity index (χ4v) is 1.13. The molecule has 1 aromatic carbocycles. The second-order valence-electron chi connectivity index (χ2n) is 3.35. The minimum Gasteiger partial charge on any atom is -0.463 e. The molecule has 0 unspecified atom stereocenters. The number of hydrogen-bond donors (Lipinski definition) is 0. The van der Waals surface area contributed by atoms with E-state index in [4.69, 9.17) is 0 Å². The van der Waals surface area contributed by atoms with Crippen molar-refractivity contribution in [1.29, 1.82) is 0 Å². The van der Waals surface area contributed by atoms with Gasteiger partial charge in [-0.25, -0.2) is 14.0 Å². The lowest BCUT2D eigenvalue weighted by Gasteiger charge is -2.05. The number of esters is 2. The van der Waals surface area contributed by atoms with Crippen molar-refractivity contribution in [3.63, 3.8) is 0 Å². The predicted octanol–water partition coefficient (Wildman–Crippen LogP) is 1.85. The average Bonchev–Trinajstić information content (AvgIpc) is 2.30. The lowest BCUT2D eigenvalue weighted by molar-refractivity contribution is -0.146. The fraction of sp³-hybridized carbons (Fsp3) is 0.333. The fourth-order valence-electron chi connectivity index (χ4n) is 1.13. The highest BCUT2D eigenvalue weighted by atomic mass is 19.1. The normalized spacial score (nSPS) is 9.82. The third-order valence-electron chi connectivity index (χ3n) is 2.03. The molecule has 0 atom stereocenters. The SMILES string of the molecule is CCOC(=O)COC(=O)c1ccc(C)c(F)c1. The van der Waals surface area contributed by atoms with E-state index in [-0.39, 0.29) is 12.2 Å². The van der Waals surface area contributed by atoms with Crippen LogP contribution in [0.4, 0.5) is 4.39 Å². The topological polar surface area (TPSA) is 52.6 Å². The summed E-state index contributed by atoms with van der Waals surface area (Å²) in [6.45, 7) is 2.98. The lowest BCUT2D eigenvalue weighted by Crippen LogP contribution is -2.16. The first-order valence-corrected chi connectivity index (χ1v) is 5.13. The van der Waals surface area contributed by atoms with Gasteiger partial charge in [-0.3, -0.25) is 0 Å². The Balaban J connectivity index is 2.58. The van der Waals surface area contributed by atoms with Crippen LogP contribution in [0.3, 0.4) is 0 Å². The summed E-state index contributed by atoms with van der Waals surface area (Å²) in [6.07, 6.45) is 0. The Morgan fingerprint density at radius 2 is 2.00 bits per heavy atom. The molecule has 4 nitrogen and oxygen atoms in total. The monoisotopic (exact) mass is 240 g/mol. The van der Waals surface area contributed by atoms with Gasteiger partial charge >= 0.3 is 11.9 Å². The number of carbonyl (C=O) groups excluding carboxylic acids is 2. The van der Waals surface area contributed by atoms with Crippen LogP contribution in [0, 0.1) is 12.7 Å². The van der Waals surface area contributed by atoms with E-state index in [0.29, 0.717) is 5.56 Å². The zero-order valence-corrected chi connectivity index (χ0v) is 9.66. The number of benzene rings is 1. The Morgan fingerprint density at radius 3 is 2.59 bits per heavy atom. The van der Waals surface area contributed by atoms with Crippen LogP contribution in [0.1, 0.15) is 22.8 Å². The average molecular weight is 240 g/mol. The Hall–Kier alpha value is -1.91. The Kier molecular flexibility index (Phi) is 4.63. The number of rotatable bonds is 4. The van der Waals surface area contributed by atoms with Gasteiger partial charge in [0.25, 0.3) is 0 Å². The van der Waals surface area contributed by atoms with Crippen LogP contribution in [0.2, 0.25) is 0 Å². The van der Waals surface area contributed by atoms with Gasteiger partial charge in [-0.05, 0) is 31.5 Å². The maximum Gasteiger partial charge on any atom is 0.344 e. The van der Waals surface area contributed by atoms with Gasteiger partial charge in [0.1, 0.15) is 5.82 Å². The quantitative estimate of drug-likeness (QED) is 0.754. The molecule has 5 heteroatoms. The highest BCUT2D eigenvalue weighted by Gasteiger charge is 2.12. The standard InChI is InChI=1S/C12H13FO4/c1-3-16-11(14)7-17-12(15)9-5-4-8(2)10(13)6-9/h4-6H,3,7H2,1-2H3. The molecule has 0 amide bonds. The second-order valence-corrected chi connectivity index (χ2v) is 3.35. The zero-order valence-electron chi connectivity index (χ0n) is 9.66. The van der Waals surface area contributed by atoms with Crippen LogP contribution in [0.25, 0.3) is 0 Å². The first-order chi connectivity index (χ1) is 8.04. The van der Waals surface area contributed by atoms with Gasteiger partial charge in [-0.2, -0.15) is 0 Å². The van der Waals surface area contributed by atoms with Crippen molar-refractivity contribution in [3.05, 3.63) is 35.1 Å². The van der Waals surface area contributed by atoms with Crippen molar-refractivity contribution in [2.45, 2.75) is 13.8 Å². The summed E-state index contributed by atoms with van der Waals surface area (Å²) in [7, 11) is 0. The van der Waals surface area contributed by atoms with Crippen molar-refractivity contribution < 1.29 is 23.5 Å². The van der Waals surface area contributed by atoms with Gasteiger partial charge in [0.2, 0.25) is 0 Å². The largest absolute Gasteiger partial charge is 0.463 e. The third-order valence-corrected chi connectivity index (χ3v) is 2.03. The molecule has 0 aromatic heterocycles. The predicted molar refractivity (Wildman–Crippen MR) is 58.1 cm³/mol. The molecule has 0 aliphatic carbocycles. The summed E-state index contributed by atoms with van der Waals surface area (Å²) in [6, 6.07) is 3.98. The maximum absolute atomic E-state index is 13.2. The Morgan fingerprint density at radius 1 is 1.29 bits per heavy atom. The van der Waals surface area contributed by atoms with Crippen molar-refractivity contribution in [1.82, 2.24) is 0 Å². The van der Waals surface area contributed by atoms with E-state index in [1.54, 1.807) is 13.8 Å². The van der Waals surface area contributed by atoms with Gasteiger partial charge in [-0.1, -0.05) is 6.07 Å². The van der Waals surface area contributed by atoms with Crippen LogP contribution in [0.5, 0.6) is 0 Å². The molecular weight excluding hydrogens is 227 g/mol. The van der Waals surface area contributed by atoms with Crippen LogP contribution >= 0.6 is 0 Å². The minimum absolute atomic E-state index is 0.0670.